The molecule has 1 heterocycles. The molecular formula is C23H25N3O. The van der Waals surface area contributed by atoms with Crippen LogP contribution in [-0.2, 0) is 6.54 Å². The van der Waals surface area contributed by atoms with Crippen molar-refractivity contribution in [2.75, 3.05) is 22.9 Å². The van der Waals surface area contributed by atoms with Gasteiger partial charge in [0.05, 0.1) is 12.1 Å². The first-order chi connectivity index (χ1) is 13.2. The van der Waals surface area contributed by atoms with Gasteiger partial charge in [-0.1, -0.05) is 48.5 Å². The van der Waals surface area contributed by atoms with E-state index in [0.717, 1.165) is 30.2 Å². The van der Waals surface area contributed by atoms with E-state index in [0.29, 0.717) is 12.1 Å². The van der Waals surface area contributed by atoms with Crippen molar-refractivity contribution in [3.05, 3.63) is 90.1 Å². The van der Waals surface area contributed by atoms with E-state index in [1.54, 1.807) is 11.1 Å². The van der Waals surface area contributed by atoms with Gasteiger partial charge in [-0.15, -0.1) is 0 Å². The Kier molecular flexibility index (Phi) is 6.21. The molecule has 3 rings (SSSR count). The summed E-state index contributed by atoms with van der Waals surface area (Å²) >= 11 is 0. The van der Waals surface area contributed by atoms with Gasteiger partial charge in [-0.25, -0.2) is 4.98 Å². The number of carbonyl (C=O) groups excluding carboxylic acids is 1. The van der Waals surface area contributed by atoms with E-state index in [4.69, 9.17) is 0 Å². The van der Waals surface area contributed by atoms with Crippen molar-refractivity contribution in [2.45, 2.75) is 20.4 Å². The Morgan fingerprint density at radius 1 is 0.852 bits per heavy atom. The third-order valence-electron chi connectivity index (χ3n) is 4.58. The molecule has 4 heteroatoms. The van der Waals surface area contributed by atoms with Crippen LogP contribution in [0.1, 0.15) is 29.8 Å². The molecule has 0 aliphatic heterocycles. The van der Waals surface area contributed by atoms with E-state index in [1.165, 1.54) is 0 Å². The number of anilines is 2. The first-order valence-corrected chi connectivity index (χ1v) is 9.34. The monoisotopic (exact) mass is 359 g/mol. The Balaban J connectivity index is 1.88. The largest absolute Gasteiger partial charge is 0.357 e. The number of benzene rings is 2. The molecule has 0 radical (unpaired) electrons. The minimum atomic E-state index is -0.0522. The van der Waals surface area contributed by atoms with Crippen LogP contribution in [-0.4, -0.2) is 24.0 Å². The molecule has 0 unspecified atom stereocenters. The molecule has 0 aliphatic carbocycles. The summed E-state index contributed by atoms with van der Waals surface area (Å²) in [5.41, 5.74) is 2.55. The van der Waals surface area contributed by atoms with E-state index in [2.05, 4.69) is 23.7 Å². The molecule has 2 aromatic carbocycles. The van der Waals surface area contributed by atoms with E-state index in [-0.39, 0.29) is 5.91 Å². The minimum Gasteiger partial charge on any atom is -0.357 e. The van der Waals surface area contributed by atoms with Gasteiger partial charge in [0.1, 0.15) is 5.82 Å². The number of hydrogen-bond acceptors (Lipinski definition) is 3. The molecule has 3 aromatic rings. The van der Waals surface area contributed by atoms with Crippen molar-refractivity contribution in [3.8, 4) is 0 Å². The lowest BCUT2D eigenvalue weighted by atomic mass is 10.1. The maximum atomic E-state index is 13.2. The first kappa shape index (κ1) is 18.6. The van der Waals surface area contributed by atoms with E-state index < -0.39 is 0 Å². The average Bonchev–Trinajstić information content (AvgIpc) is 2.74. The summed E-state index contributed by atoms with van der Waals surface area (Å²) in [6, 6.07) is 23.6. The van der Waals surface area contributed by atoms with E-state index in [9.17, 15) is 4.79 Å². The number of nitrogens with zero attached hydrogens (tertiary/aromatic N) is 3. The van der Waals surface area contributed by atoms with Crippen LogP contribution in [0.4, 0.5) is 11.5 Å². The van der Waals surface area contributed by atoms with Crippen LogP contribution < -0.4 is 9.80 Å². The van der Waals surface area contributed by atoms with E-state index in [1.807, 2.05) is 72.8 Å². The van der Waals surface area contributed by atoms with Crippen LogP contribution in [0, 0.1) is 0 Å². The molecule has 27 heavy (non-hydrogen) atoms. The number of hydrogen-bond donors (Lipinski definition) is 0. The van der Waals surface area contributed by atoms with Gasteiger partial charge in [0.2, 0.25) is 0 Å². The van der Waals surface area contributed by atoms with Gasteiger partial charge >= 0.3 is 0 Å². The number of rotatable bonds is 7. The third kappa shape index (κ3) is 4.53. The van der Waals surface area contributed by atoms with Crippen molar-refractivity contribution >= 4 is 17.4 Å². The zero-order valence-corrected chi connectivity index (χ0v) is 15.9. The minimum absolute atomic E-state index is 0.0522. The second kappa shape index (κ2) is 8.99. The highest BCUT2D eigenvalue weighted by Crippen LogP contribution is 2.21. The third-order valence-corrected chi connectivity index (χ3v) is 4.58. The molecule has 1 amide bonds. The SMILES string of the molecule is CCN(CC)c1ccc(C(=O)N(Cc2ccccc2)c2ccccc2)cn1. The summed E-state index contributed by atoms with van der Waals surface area (Å²) in [4.78, 5) is 21.7. The zero-order valence-electron chi connectivity index (χ0n) is 15.9. The highest BCUT2D eigenvalue weighted by Gasteiger charge is 2.19. The molecular weight excluding hydrogens is 334 g/mol. The number of amides is 1. The van der Waals surface area contributed by atoms with Crippen molar-refractivity contribution < 1.29 is 4.79 Å². The van der Waals surface area contributed by atoms with Gasteiger partial charge in [-0.05, 0) is 43.7 Å². The van der Waals surface area contributed by atoms with E-state index >= 15 is 0 Å². The molecule has 0 atom stereocenters. The second-order valence-corrected chi connectivity index (χ2v) is 6.29. The number of carbonyl (C=O) groups is 1. The summed E-state index contributed by atoms with van der Waals surface area (Å²) in [6.07, 6.45) is 1.68. The topological polar surface area (TPSA) is 36.4 Å². The molecule has 0 N–H and O–H groups in total. The molecule has 0 saturated heterocycles. The predicted octanol–water partition coefficient (Wildman–Crippen LogP) is 4.77. The van der Waals surface area contributed by atoms with Crippen LogP contribution in [0.3, 0.4) is 0 Å². The lowest BCUT2D eigenvalue weighted by Gasteiger charge is -2.24. The normalized spacial score (nSPS) is 10.4. The van der Waals surface area contributed by atoms with Crippen molar-refractivity contribution in [1.82, 2.24) is 4.98 Å². The Morgan fingerprint density at radius 3 is 2.04 bits per heavy atom. The summed E-state index contributed by atoms with van der Waals surface area (Å²) in [6.45, 7) is 6.49. The molecule has 0 fully saturated rings. The fourth-order valence-electron chi connectivity index (χ4n) is 3.06. The zero-order chi connectivity index (χ0) is 19.1. The number of pyridine rings is 1. The average molecular weight is 359 g/mol. The van der Waals surface area contributed by atoms with Crippen LogP contribution in [0.2, 0.25) is 0 Å². The fraction of sp³-hybridized carbons (Fsp3) is 0.217. The first-order valence-electron chi connectivity index (χ1n) is 9.34. The maximum absolute atomic E-state index is 13.2. The van der Waals surface area contributed by atoms with Gasteiger partial charge < -0.3 is 9.80 Å². The second-order valence-electron chi connectivity index (χ2n) is 6.29. The molecule has 0 spiro atoms. The van der Waals surface area contributed by atoms with Crippen LogP contribution in [0.25, 0.3) is 0 Å². The molecule has 0 saturated carbocycles. The Labute approximate surface area is 161 Å². The molecule has 0 bridgehead atoms. The van der Waals surface area contributed by atoms with Gasteiger partial charge in [-0.2, -0.15) is 0 Å². The van der Waals surface area contributed by atoms with Gasteiger partial charge in [0.15, 0.2) is 0 Å². The van der Waals surface area contributed by atoms with Crippen molar-refractivity contribution in [3.63, 3.8) is 0 Å². The Morgan fingerprint density at radius 2 is 1.48 bits per heavy atom. The van der Waals surface area contributed by atoms with Crippen LogP contribution in [0.15, 0.2) is 79.0 Å². The highest BCUT2D eigenvalue weighted by atomic mass is 16.2. The summed E-state index contributed by atoms with van der Waals surface area (Å²) in [5, 5.41) is 0. The van der Waals surface area contributed by atoms with Gasteiger partial charge in [0, 0.05) is 25.0 Å². The summed E-state index contributed by atoms with van der Waals surface area (Å²) in [7, 11) is 0. The van der Waals surface area contributed by atoms with Gasteiger partial charge in [0.25, 0.3) is 5.91 Å². The van der Waals surface area contributed by atoms with Crippen LogP contribution >= 0.6 is 0 Å². The number of aromatic nitrogens is 1. The van der Waals surface area contributed by atoms with Crippen molar-refractivity contribution in [2.24, 2.45) is 0 Å². The summed E-state index contributed by atoms with van der Waals surface area (Å²) in [5.74, 6) is 0.842. The quantitative estimate of drug-likeness (QED) is 0.609. The number of para-hydroxylation sites is 1. The smallest absolute Gasteiger partial charge is 0.260 e. The molecule has 0 aliphatic rings. The summed E-state index contributed by atoms with van der Waals surface area (Å²) < 4.78 is 0. The van der Waals surface area contributed by atoms with Crippen LogP contribution in [0.5, 0.6) is 0 Å². The lowest BCUT2D eigenvalue weighted by Crippen LogP contribution is -2.30. The molecule has 138 valence electrons. The molecule has 1 aromatic heterocycles. The maximum Gasteiger partial charge on any atom is 0.260 e. The highest BCUT2D eigenvalue weighted by molar-refractivity contribution is 6.05. The standard InChI is InChI=1S/C23H25N3O/c1-3-25(4-2)22-16-15-20(17-24-22)23(27)26(21-13-9-6-10-14-21)18-19-11-7-5-8-12-19/h5-17H,3-4,18H2,1-2H3. The lowest BCUT2D eigenvalue weighted by molar-refractivity contribution is 0.0985. The Hall–Kier alpha value is -3.14. The Bertz CT molecular complexity index is 844. The predicted molar refractivity (Wildman–Crippen MR) is 111 cm³/mol. The van der Waals surface area contributed by atoms with Crippen molar-refractivity contribution in [1.29, 1.82) is 0 Å². The molecule has 4 nitrogen and oxygen atoms in total. The van der Waals surface area contributed by atoms with Gasteiger partial charge in [-0.3, -0.25) is 4.79 Å². The fourth-order valence-corrected chi connectivity index (χ4v) is 3.06.